The average Bonchev–Trinajstić information content (AvgIpc) is 2.55. The Hall–Kier alpha value is -2.95. The van der Waals surface area contributed by atoms with Crippen LogP contribution in [-0.4, -0.2) is 16.1 Å². The molecule has 2 aromatic carbocycles. The van der Waals surface area contributed by atoms with Gasteiger partial charge in [-0.05, 0) is 30.2 Å². The fourth-order valence-electron chi connectivity index (χ4n) is 2.35. The smallest absolute Gasteiger partial charge is 0.276 e. The monoisotopic (exact) mass is 293 g/mol. The zero-order valence-electron chi connectivity index (χ0n) is 12.1. The lowest BCUT2D eigenvalue weighted by Crippen LogP contribution is -2.19. The second kappa shape index (κ2) is 5.81. The number of hydrogen-bond acceptors (Lipinski definition) is 3. The van der Waals surface area contributed by atoms with Gasteiger partial charge in [-0.1, -0.05) is 37.3 Å². The maximum Gasteiger partial charge on any atom is 0.276 e. The number of aromatic amines is 1. The highest BCUT2D eigenvalue weighted by Gasteiger charge is 2.14. The molecule has 1 aromatic heterocycles. The molecule has 0 aliphatic rings. The first-order valence-electron chi connectivity index (χ1n) is 7.06. The van der Waals surface area contributed by atoms with Crippen LogP contribution in [-0.2, 0) is 6.42 Å². The Morgan fingerprint density at radius 3 is 2.68 bits per heavy atom. The van der Waals surface area contributed by atoms with E-state index in [2.05, 4.69) is 22.4 Å². The highest BCUT2D eigenvalue weighted by molar-refractivity contribution is 6.11. The molecule has 0 aliphatic heterocycles. The molecule has 1 heterocycles. The predicted molar refractivity (Wildman–Crippen MR) is 86.1 cm³/mol. The molecule has 110 valence electrons. The molecule has 1 amide bonds. The third-order valence-corrected chi connectivity index (χ3v) is 3.50. The summed E-state index contributed by atoms with van der Waals surface area (Å²) in [5.41, 5.74) is 1.75. The topological polar surface area (TPSA) is 74.8 Å². The Bertz CT molecular complexity index is 900. The van der Waals surface area contributed by atoms with Crippen molar-refractivity contribution in [2.45, 2.75) is 13.3 Å². The van der Waals surface area contributed by atoms with Gasteiger partial charge in [0.15, 0.2) is 5.69 Å². The second-order valence-electron chi connectivity index (χ2n) is 4.95. The van der Waals surface area contributed by atoms with Crippen LogP contribution in [0.1, 0.15) is 23.0 Å². The Labute approximate surface area is 127 Å². The predicted octanol–water partition coefficient (Wildman–Crippen LogP) is 2.74. The number of fused-ring (bicyclic) bond motifs is 1. The summed E-state index contributed by atoms with van der Waals surface area (Å²) in [6.45, 7) is 2.05. The number of H-pyrrole nitrogens is 1. The van der Waals surface area contributed by atoms with E-state index in [1.54, 1.807) is 24.3 Å². The second-order valence-corrected chi connectivity index (χ2v) is 4.95. The molecule has 0 aliphatic carbocycles. The largest absolute Gasteiger partial charge is 0.321 e. The number of aryl methyl sites for hydroxylation is 1. The molecule has 5 nitrogen and oxygen atoms in total. The van der Waals surface area contributed by atoms with Crippen LogP contribution in [0.15, 0.2) is 53.3 Å². The zero-order chi connectivity index (χ0) is 15.5. The minimum absolute atomic E-state index is 0.206. The van der Waals surface area contributed by atoms with Crippen molar-refractivity contribution in [3.05, 3.63) is 70.1 Å². The van der Waals surface area contributed by atoms with Crippen LogP contribution >= 0.6 is 0 Å². The van der Waals surface area contributed by atoms with Crippen molar-refractivity contribution in [1.29, 1.82) is 0 Å². The lowest BCUT2D eigenvalue weighted by molar-refractivity contribution is 0.102. The average molecular weight is 293 g/mol. The number of nitrogens with zero attached hydrogens (tertiary/aromatic N) is 1. The standard InChI is InChI=1S/C17H15N3O2/c1-2-11-6-5-7-12(10-11)18-17(22)15-13-8-3-4-9-14(13)16(21)20-19-15/h3-10H,2H2,1H3,(H,18,22)(H,20,21). The van der Waals surface area contributed by atoms with Crippen LogP contribution in [0.3, 0.4) is 0 Å². The van der Waals surface area contributed by atoms with E-state index >= 15 is 0 Å². The van der Waals surface area contributed by atoms with Crippen LogP contribution in [0.2, 0.25) is 0 Å². The molecule has 0 fully saturated rings. The highest BCUT2D eigenvalue weighted by atomic mass is 16.2. The molecule has 0 radical (unpaired) electrons. The van der Waals surface area contributed by atoms with E-state index in [9.17, 15) is 9.59 Å². The van der Waals surface area contributed by atoms with Gasteiger partial charge in [0.25, 0.3) is 11.5 Å². The van der Waals surface area contributed by atoms with Gasteiger partial charge in [0.1, 0.15) is 0 Å². The number of hydrogen-bond donors (Lipinski definition) is 2. The molecule has 0 atom stereocenters. The van der Waals surface area contributed by atoms with Crippen LogP contribution < -0.4 is 10.9 Å². The van der Waals surface area contributed by atoms with Crippen molar-refractivity contribution in [2.75, 3.05) is 5.32 Å². The van der Waals surface area contributed by atoms with E-state index in [1.807, 2.05) is 24.3 Å². The fourth-order valence-corrected chi connectivity index (χ4v) is 2.35. The third kappa shape index (κ3) is 2.61. The summed E-state index contributed by atoms with van der Waals surface area (Å²) >= 11 is 0. The maximum atomic E-state index is 12.4. The molecular weight excluding hydrogens is 278 g/mol. The van der Waals surface area contributed by atoms with Crippen molar-refractivity contribution in [3.8, 4) is 0 Å². The molecule has 0 saturated carbocycles. The Kier molecular flexibility index (Phi) is 3.70. The van der Waals surface area contributed by atoms with Crippen LogP contribution in [0.5, 0.6) is 0 Å². The summed E-state index contributed by atoms with van der Waals surface area (Å²) in [7, 11) is 0. The Balaban J connectivity index is 1.99. The van der Waals surface area contributed by atoms with Gasteiger partial charge in [0.05, 0.1) is 5.39 Å². The van der Waals surface area contributed by atoms with Crippen LogP contribution in [0.25, 0.3) is 10.8 Å². The van der Waals surface area contributed by atoms with Crippen molar-refractivity contribution in [3.63, 3.8) is 0 Å². The molecule has 3 rings (SSSR count). The molecule has 5 heteroatoms. The van der Waals surface area contributed by atoms with Gasteiger partial charge in [0.2, 0.25) is 0 Å². The lowest BCUT2D eigenvalue weighted by atomic mass is 10.1. The summed E-state index contributed by atoms with van der Waals surface area (Å²) < 4.78 is 0. The van der Waals surface area contributed by atoms with Crippen LogP contribution in [0.4, 0.5) is 5.69 Å². The molecule has 0 bridgehead atoms. The molecule has 2 N–H and O–H groups in total. The first kappa shape index (κ1) is 14.0. The van der Waals surface area contributed by atoms with Crippen molar-refractivity contribution < 1.29 is 4.79 Å². The van der Waals surface area contributed by atoms with Crippen molar-refractivity contribution in [1.82, 2.24) is 10.2 Å². The van der Waals surface area contributed by atoms with E-state index in [1.165, 1.54) is 0 Å². The molecule has 0 saturated heterocycles. The number of rotatable bonds is 3. The number of amides is 1. The number of aromatic nitrogens is 2. The summed E-state index contributed by atoms with van der Waals surface area (Å²) in [6.07, 6.45) is 0.892. The normalized spacial score (nSPS) is 10.6. The van der Waals surface area contributed by atoms with E-state index in [0.29, 0.717) is 16.5 Å². The van der Waals surface area contributed by atoms with Gasteiger partial charge in [-0.25, -0.2) is 5.10 Å². The number of benzene rings is 2. The first-order valence-corrected chi connectivity index (χ1v) is 7.06. The first-order chi connectivity index (χ1) is 10.7. The quantitative estimate of drug-likeness (QED) is 0.779. The van der Waals surface area contributed by atoms with Gasteiger partial charge in [-0.2, -0.15) is 5.10 Å². The van der Waals surface area contributed by atoms with Gasteiger partial charge in [-0.15, -0.1) is 0 Å². The summed E-state index contributed by atoms with van der Waals surface area (Å²) in [5.74, 6) is -0.347. The minimum Gasteiger partial charge on any atom is -0.321 e. The molecule has 0 spiro atoms. The number of carbonyl (C=O) groups excluding carboxylic acids is 1. The van der Waals surface area contributed by atoms with E-state index in [0.717, 1.165) is 12.0 Å². The van der Waals surface area contributed by atoms with E-state index in [4.69, 9.17) is 0 Å². The summed E-state index contributed by atoms with van der Waals surface area (Å²) in [4.78, 5) is 24.2. The van der Waals surface area contributed by atoms with Gasteiger partial charge >= 0.3 is 0 Å². The highest BCUT2D eigenvalue weighted by Crippen LogP contribution is 2.16. The van der Waals surface area contributed by atoms with Gasteiger partial charge in [-0.3, -0.25) is 9.59 Å². The Morgan fingerprint density at radius 2 is 1.91 bits per heavy atom. The van der Waals surface area contributed by atoms with E-state index < -0.39 is 0 Å². The Morgan fingerprint density at radius 1 is 1.14 bits per heavy atom. The molecule has 22 heavy (non-hydrogen) atoms. The number of anilines is 1. The van der Waals surface area contributed by atoms with Gasteiger partial charge < -0.3 is 5.32 Å². The molecule has 0 unspecified atom stereocenters. The van der Waals surface area contributed by atoms with Gasteiger partial charge in [0, 0.05) is 11.1 Å². The third-order valence-electron chi connectivity index (χ3n) is 3.50. The fraction of sp³-hybridized carbons (Fsp3) is 0.118. The molecular formula is C17H15N3O2. The van der Waals surface area contributed by atoms with Crippen molar-refractivity contribution >= 4 is 22.4 Å². The van der Waals surface area contributed by atoms with Crippen molar-refractivity contribution in [2.24, 2.45) is 0 Å². The summed E-state index contributed by atoms with van der Waals surface area (Å²) in [5, 5.41) is 10.1. The minimum atomic E-state index is -0.347. The van der Waals surface area contributed by atoms with Crippen LogP contribution in [0, 0.1) is 0 Å². The SMILES string of the molecule is CCc1cccc(NC(=O)c2n[nH]c(=O)c3ccccc23)c1. The maximum absolute atomic E-state index is 12.4. The summed E-state index contributed by atoms with van der Waals surface area (Å²) in [6, 6.07) is 14.6. The lowest BCUT2D eigenvalue weighted by Gasteiger charge is -2.07. The molecule has 3 aromatic rings. The number of carbonyl (C=O) groups is 1. The van der Waals surface area contributed by atoms with E-state index in [-0.39, 0.29) is 17.2 Å². The zero-order valence-corrected chi connectivity index (χ0v) is 12.1. The number of nitrogens with one attached hydrogen (secondary N) is 2.